The molecule has 8 heteroatoms. The molecule has 0 spiro atoms. The Morgan fingerprint density at radius 3 is 2.35 bits per heavy atom. The van der Waals surface area contributed by atoms with Crippen molar-refractivity contribution in [2.75, 3.05) is 26.2 Å². The van der Waals surface area contributed by atoms with Crippen molar-refractivity contribution in [3.8, 4) is 0 Å². The van der Waals surface area contributed by atoms with E-state index in [1.54, 1.807) is 6.20 Å². The molecule has 3 fully saturated rings. The molecular formula is C23H32N6O2. The molecule has 4 heterocycles. The number of aromatic nitrogens is 3. The van der Waals surface area contributed by atoms with Crippen molar-refractivity contribution < 1.29 is 9.59 Å². The minimum Gasteiger partial charge on any atom is -0.368 e. The molecule has 2 N–H and O–H groups in total. The number of hydrogen-bond donors (Lipinski definition) is 1. The molecule has 2 saturated heterocycles. The van der Waals surface area contributed by atoms with E-state index in [0.717, 1.165) is 37.1 Å². The molecule has 5 rings (SSSR count). The number of amides is 2. The quantitative estimate of drug-likeness (QED) is 0.813. The van der Waals surface area contributed by atoms with Gasteiger partial charge in [-0.05, 0) is 57.7 Å². The highest BCUT2D eigenvalue weighted by Gasteiger charge is 2.45. The predicted octanol–water partition coefficient (Wildman–Crippen LogP) is 2.49. The molecule has 1 saturated carbocycles. The maximum absolute atomic E-state index is 13.2. The highest BCUT2D eigenvalue weighted by Crippen LogP contribution is 2.33. The molecule has 2 aliphatic heterocycles. The van der Waals surface area contributed by atoms with Crippen LogP contribution in [0.3, 0.4) is 0 Å². The van der Waals surface area contributed by atoms with E-state index in [1.807, 2.05) is 17.3 Å². The molecule has 2 aromatic heterocycles. The normalized spacial score (nSPS) is 22.8. The number of pyridine rings is 1. The van der Waals surface area contributed by atoms with E-state index in [0.29, 0.717) is 37.5 Å². The first-order chi connectivity index (χ1) is 15.1. The Kier molecular flexibility index (Phi) is 5.42. The average Bonchev–Trinajstić information content (AvgIpc) is 3.48. The second-order valence-corrected chi connectivity index (χ2v) is 9.39. The monoisotopic (exact) mass is 424 g/mol. The molecule has 0 atom stereocenters. The molecule has 166 valence electrons. The number of nitrogens with zero attached hydrogens (tertiary/aromatic N) is 5. The maximum Gasteiger partial charge on any atom is 0.255 e. The summed E-state index contributed by atoms with van der Waals surface area (Å²) in [6, 6.07) is 2.33. The number of imidazole rings is 1. The smallest absolute Gasteiger partial charge is 0.255 e. The third-order valence-electron chi connectivity index (χ3n) is 7.68. The van der Waals surface area contributed by atoms with E-state index in [1.165, 1.54) is 32.1 Å². The van der Waals surface area contributed by atoms with Gasteiger partial charge in [0.15, 0.2) is 5.65 Å². The number of likely N-dealkylation sites (tertiary alicyclic amines) is 2. The first kappa shape index (κ1) is 20.4. The number of rotatable bonds is 4. The minimum absolute atomic E-state index is 0.0402. The van der Waals surface area contributed by atoms with Crippen LogP contribution in [0.25, 0.3) is 11.2 Å². The van der Waals surface area contributed by atoms with Crippen LogP contribution in [0.5, 0.6) is 0 Å². The summed E-state index contributed by atoms with van der Waals surface area (Å²) in [5.41, 5.74) is 7.46. The van der Waals surface area contributed by atoms with Crippen molar-refractivity contribution >= 4 is 23.0 Å². The number of hydrogen-bond acceptors (Lipinski definition) is 5. The van der Waals surface area contributed by atoms with Crippen LogP contribution in [-0.2, 0) is 4.79 Å². The fourth-order valence-electron chi connectivity index (χ4n) is 5.79. The zero-order valence-corrected chi connectivity index (χ0v) is 18.1. The van der Waals surface area contributed by atoms with Crippen LogP contribution >= 0.6 is 0 Å². The number of primary amides is 1. The molecule has 8 nitrogen and oxygen atoms in total. The summed E-state index contributed by atoms with van der Waals surface area (Å²) in [5, 5.41) is 0. The van der Waals surface area contributed by atoms with Crippen molar-refractivity contribution in [1.29, 1.82) is 0 Å². The standard InChI is InChI=1S/C23H32N6O2/c24-22(31)23(28-10-4-1-5-11-28)8-12-27(13-9-23)21(30)17-14-19-20(25-15-17)29(16-26-19)18-6-2-3-7-18/h14-16,18H,1-13H2,(H2,24,31). The van der Waals surface area contributed by atoms with Crippen LogP contribution < -0.4 is 5.73 Å². The molecular weight excluding hydrogens is 392 g/mol. The predicted molar refractivity (Wildman–Crippen MR) is 118 cm³/mol. The van der Waals surface area contributed by atoms with E-state index in [9.17, 15) is 9.59 Å². The lowest BCUT2D eigenvalue weighted by atomic mass is 9.83. The van der Waals surface area contributed by atoms with Crippen LogP contribution in [0.15, 0.2) is 18.6 Å². The van der Waals surface area contributed by atoms with Crippen LogP contribution in [0.4, 0.5) is 0 Å². The molecule has 0 radical (unpaired) electrons. The van der Waals surface area contributed by atoms with Gasteiger partial charge < -0.3 is 15.2 Å². The van der Waals surface area contributed by atoms with Crippen LogP contribution in [-0.4, -0.2) is 67.9 Å². The largest absolute Gasteiger partial charge is 0.368 e. The van der Waals surface area contributed by atoms with Crippen molar-refractivity contribution in [1.82, 2.24) is 24.3 Å². The highest BCUT2D eigenvalue weighted by molar-refractivity contribution is 5.96. The Bertz CT molecular complexity index is 966. The van der Waals surface area contributed by atoms with Crippen molar-refractivity contribution in [2.24, 2.45) is 5.73 Å². The fourth-order valence-corrected chi connectivity index (χ4v) is 5.79. The highest BCUT2D eigenvalue weighted by atomic mass is 16.2. The Balaban J connectivity index is 1.30. The zero-order valence-electron chi connectivity index (χ0n) is 18.1. The van der Waals surface area contributed by atoms with Crippen molar-refractivity contribution in [3.63, 3.8) is 0 Å². The summed E-state index contributed by atoms with van der Waals surface area (Å²) in [6.45, 7) is 2.90. The topological polar surface area (TPSA) is 97.4 Å². The van der Waals surface area contributed by atoms with Gasteiger partial charge in [-0.15, -0.1) is 0 Å². The Hall–Kier alpha value is -2.48. The van der Waals surface area contributed by atoms with Gasteiger partial charge in [0.2, 0.25) is 5.91 Å². The minimum atomic E-state index is -0.612. The van der Waals surface area contributed by atoms with Crippen LogP contribution in [0.1, 0.15) is 74.2 Å². The zero-order chi connectivity index (χ0) is 21.4. The fraction of sp³-hybridized carbons (Fsp3) is 0.652. The van der Waals surface area contributed by atoms with E-state index in [4.69, 9.17) is 5.73 Å². The molecule has 1 aliphatic carbocycles. The van der Waals surface area contributed by atoms with E-state index >= 15 is 0 Å². The van der Waals surface area contributed by atoms with Gasteiger partial charge in [0.05, 0.1) is 11.9 Å². The van der Waals surface area contributed by atoms with Gasteiger partial charge in [-0.2, -0.15) is 0 Å². The third-order valence-corrected chi connectivity index (χ3v) is 7.68. The average molecular weight is 425 g/mol. The maximum atomic E-state index is 13.2. The number of carbonyl (C=O) groups excluding carboxylic acids is 2. The number of carbonyl (C=O) groups is 2. The Morgan fingerprint density at radius 1 is 0.968 bits per heavy atom. The molecule has 3 aliphatic rings. The van der Waals surface area contributed by atoms with Gasteiger partial charge in [0.25, 0.3) is 5.91 Å². The summed E-state index contributed by atoms with van der Waals surface area (Å²) in [4.78, 5) is 38.8. The van der Waals surface area contributed by atoms with Gasteiger partial charge in [-0.1, -0.05) is 19.3 Å². The summed E-state index contributed by atoms with van der Waals surface area (Å²) in [6.07, 6.45) is 13.0. The molecule has 2 aromatic rings. The second kappa shape index (κ2) is 8.22. The molecule has 0 unspecified atom stereocenters. The van der Waals surface area contributed by atoms with Gasteiger partial charge in [0.1, 0.15) is 11.1 Å². The van der Waals surface area contributed by atoms with Gasteiger partial charge >= 0.3 is 0 Å². The van der Waals surface area contributed by atoms with E-state index in [2.05, 4.69) is 19.4 Å². The summed E-state index contributed by atoms with van der Waals surface area (Å²) in [5.74, 6) is -0.288. The lowest BCUT2D eigenvalue weighted by Crippen LogP contribution is -2.63. The van der Waals surface area contributed by atoms with Gasteiger partial charge in [-0.25, -0.2) is 9.97 Å². The summed E-state index contributed by atoms with van der Waals surface area (Å²) in [7, 11) is 0. The lowest BCUT2D eigenvalue weighted by Gasteiger charge is -2.48. The summed E-state index contributed by atoms with van der Waals surface area (Å²) < 4.78 is 2.16. The first-order valence-corrected chi connectivity index (χ1v) is 11.8. The first-order valence-electron chi connectivity index (χ1n) is 11.8. The SMILES string of the molecule is NC(=O)C1(N2CCCCC2)CCN(C(=O)c2cnc3c(c2)ncn3C2CCCC2)CC1. The Labute approximate surface area is 182 Å². The lowest BCUT2D eigenvalue weighted by molar-refractivity contribution is -0.134. The summed E-state index contributed by atoms with van der Waals surface area (Å²) >= 11 is 0. The van der Waals surface area contributed by atoms with Crippen molar-refractivity contribution in [2.45, 2.75) is 69.4 Å². The molecule has 31 heavy (non-hydrogen) atoms. The molecule has 0 aromatic carbocycles. The number of piperidine rings is 2. The van der Waals surface area contributed by atoms with Crippen LogP contribution in [0, 0.1) is 0 Å². The van der Waals surface area contributed by atoms with E-state index < -0.39 is 5.54 Å². The van der Waals surface area contributed by atoms with Crippen LogP contribution in [0.2, 0.25) is 0 Å². The number of fused-ring (bicyclic) bond motifs is 1. The van der Waals surface area contributed by atoms with Crippen molar-refractivity contribution in [3.05, 3.63) is 24.2 Å². The second-order valence-electron chi connectivity index (χ2n) is 9.39. The van der Waals surface area contributed by atoms with Gasteiger partial charge in [0, 0.05) is 25.3 Å². The van der Waals surface area contributed by atoms with Gasteiger partial charge in [-0.3, -0.25) is 14.5 Å². The Morgan fingerprint density at radius 2 is 1.68 bits per heavy atom. The number of nitrogens with two attached hydrogens (primary N) is 1. The van der Waals surface area contributed by atoms with E-state index in [-0.39, 0.29) is 11.8 Å². The molecule has 2 amide bonds. The third kappa shape index (κ3) is 3.60. The molecule has 0 bridgehead atoms.